The molecule has 0 aliphatic rings. The Morgan fingerprint density at radius 1 is 1.12 bits per heavy atom. The minimum atomic E-state index is -2.69. The van der Waals surface area contributed by atoms with Crippen molar-refractivity contribution in [3.63, 3.8) is 0 Å². The third kappa shape index (κ3) is 5.40. The zero-order valence-corrected chi connectivity index (χ0v) is 19.2. The second kappa shape index (κ2) is 10.0. The Hall–Kier alpha value is -3.06. The Bertz CT molecular complexity index is 1320. The number of thiol groups is 1. The predicted octanol–water partition coefficient (Wildman–Crippen LogP) is 2.68. The lowest BCUT2D eigenvalue weighted by molar-refractivity contribution is 0.270. The highest BCUT2D eigenvalue weighted by Crippen LogP contribution is 2.27. The Morgan fingerprint density at radius 3 is 2.78 bits per heavy atom. The average molecular weight is 518 g/mol. The summed E-state index contributed by atoms with van der Waals surface area (Å²) in [4.78, 5) is 8.85. The van der Waals surface area contributed by atoms with Crippen molar-refractivity contribution in [1.29, 1.82) is 0 Å². The lowest BCUT2D eigenvalue weighted by Crippen LogP contribution is -2.12. The summed E-state index contributed by atoms with van der Waals surface area (Å²) in [6.45, 7) is 0.624. The van der Waals surface area contributed by atoms with Crippen LogP contribution in [0.4, 0.5) is 23.1 Å². The fourth-order valence-corrected chi connectivity index (χ4v) is 3.67. The van der Waals surface area contributed by atoms with Crippen molar-refractivity contribution in [2.75, 3.05) is 17.2 Å². The molecule has 0 radical (unpaired) electrons. The van der Waals surface area contributed by atoms with Crippen LogP contribution in [-0.4, -0.2) is 39.9 Å². The molecule has 0 saturated heterocycles. The van der Waals surface area contributed by atoms with Gasteiger partial charge in [0.2, 0.25) is 16.8 Å². The van der Waals surface area contributed by atoms with E-state index in [0.717, 1.165) is 27.8 Å². The zero-order chi connectivity index (χ0) is 22.5. The number of benzene rings is 2. The summed E-state index contributed by atoms with van der Waals surface area (Å²) < 4.78 is 26.5. The number of aromatic nitrogens is 4. The number of para-hydroxylation sites is 1. The van der Waals surface area contributed by atoms with Gasteiger partial charge in [-0.1, -0.05) is 18.2 Å². The number of rotatable bonds is 9. The molecule has 32 heavy (non-hydrogen) atoms. The first-order valence-electron chi connectivity index (χ1n) is 9.62. The number of nitrogens with one attached hydrogen (secondary N) is 3. The Labute approximate surface area is 193 Å². The molecule has 166 valence electrons. The summed E-state index contributed by atoms with van der Waals surface area (Å²) in [6.07, 6.45) is 3.50. The molecule has 0 aliphatic carbocycles. The van der Waals surface area contributed by atoms with Crippen LogP contribution in [0.2, 0.25) is 0 Å². The van der Waals surface area contributed by atoms with E-state index < -0.39 is 10.9 Å². The fourth-order valence-electron chi connectivity index (χ4n) is 3.08. The zero-order valence-electron chi connectivity index (χ0n) is 16.7. The van der Waals surface area contributed by atoms with Crippen molar-refractivity contribution in [2.45, 2.75) is 13.1 Å². The average Bonchev–Trinajstić information content (AvgIpc) is 3.17. The lowest BCUT2D eigenvalue weighted by Gasteiger charge is -2.13. The highest BCUT2D eigenvalue weighted by atomic mass is 79.9. The second-order valence-corrected chi connectivity index (χ2v) is 8.46. The van der Waals surface area contributed by atoms with E-state index in [9.17, 15) is 8.42 Å². The summed E-state index contributed by atoms with van der Waals surface area (Å²) in [5.41, 5.74) is 3.05. The number of fused-ring (bicyclic) bond motifs is 1. The molecule has 4 N–H and O–H groups in total. The normalized spacial score (nSPS) is 11.2. The van der Waals surface area contributed by atoms with E-state index in [1.807, 2.05) is 48.7 Å². The summed E-state index contributed by atoms with van der Waals surface area (Å²) in [5, 5.41) is 20.9. The van der Waals surface area contributed by atoms with Gasteiger partial charge in [0.25, 0.3) is 0 Å². The molecular weight excluding hydrogens is 498 g/mol. The first-order chi connectivity index (χ1) is 15.5. The van der Waals surface area contributed by atoms with Gasteiger partial charge in [-0.2, -0.15) is 10.1 Å². The molecule has 0 spiro atoms. The first-order valence-corrected chi connectivity index (χ1v) is 11.6. The number of anilines is 4. The van der Waals surface area contributed by atoms with E-state index in [4.69, 9.17) is 5.11 Å². The van der Waals surface area contributed by atoms with Crippen molar-refractivity contribution in [3.8, 4) is 0 Å². The number of aliphatic hydroxyl groups is 1. The van der Waals surface area contributed by atoms with Crippen LogP contribution in [0.3, 0.4) is 0 Å². The molecule has 0 unspecified atom stereocenters. The van der Waals surface area contributed by atoms with Crippen LogP contribution in [0, 0.1) is 0 Å². The highest BCUT2D eigenvalue weighted by Gasteiger charge is 2.10. The van der Waals surface area contributed by atoms with Gasteiger partial charge >= 0.3 is 0 Å². The van der Waals surface area contributed by atoms with Crippen molar-refractivity contribution in [3.05, 3.63) is 64.9 Å². The molecule has 4 aromatic rings. The minimum Gasteiger partial charge on any atom is -0.394 e. The second-order valence-electron chi connectivity index (χ2n) is 6.78. The number of hydrogen-bond acceptors (Lipinski definition) is 8. The van der Waals surface area contributed by atoms with Gasteiger partial charge in [0.15, 0.2) is 0 Å². The molecule has 0 atom stereocenters. The van der Waals surface area contributed by atoms with Gasteiger partial charge in [0, 0.05) is 35.7 Å². The van der Waals surface area contributed by atoms with Crippen molar-refractivity contribution in [2.24, 2.45) is 0 Å². The number of hydrogen-bond donors (Lipinski definition) is 5. The summed E-state index contributed by atoms with van der Waals surface area (Å²) in [7, 11) is -2.69. The molecule has 0 fully saturated rings. The lowest BCUT2D eigenvalue weighted by atomic mass is 10.2. The van der Waals surface area contributed by atoms with E-state index in [1.54, 1.807) is 10.9 Å². The van der Waals surface area contributed by atoms with Crippen LogP contribution in [0.25, 0.3) is 10.9 Å². The maximum Gasteiger partial charge on any atom is 0.229 e. The maximum absolute atomic E-state index is 10.9. The summed E-state index contributed by atoms with van der Waals surface area (Å²) in [5.74, 6) is 0.901. The van der Waals surface area contributed by atoms with Crippen molar-refractivity contribution < 1.29 is 13.5 Å². The molecule has 2 aromatic carbocycles. The SMILES string of the molecule is O=[SH](=O)NCc1ccccc1Nc1nc(Nc2ccc3cn(CCO)nc3c2)ncc1Br. The third-order valence-electron chi connectivity index (χ3n) is 4.55. The molecule has 0 aliphatic heterocycles. The van der Waals surface area contributed by atoms with Gasteiger partial charge in [0.1, 0.15) is 5.82 Å². The smallest absolute Gasteiger partial charge is 0.229 e. The van der Waals surface area contributed by atoms with Gasteiger partial charge in [-0.05, 0) is 45.8 Å². The van der Waals surface area contributed by atoms with Crippen LogP contribution >= 0.6 is 15.9 Å². The molecule has 0 amide bonds. The van der Waals surface area contributed by atoms with Crippen LogP contribution in [0.15, 0.2) is 59.3 Å². The molecule has 12 heteroatoms. The largest absolute Gasteiger partial charge is 0.394 e. The van der Waals surface area contributed by atoms with E-state index >= 15 is 0 Å². The quantitative estimate of drug-likeness (QED) is 0.214. The van der Waals surface area contributed by atoms with Crippen LogP contribution in [-0.2, 0) is 24.0 Å². The number of aliphatic hydroxyl groups excluding tert-OH is 1. The Balaban J connectivity index is 1.55. The monoisotopic (exact) mass is 517 g/mol. The van der Waals surface area contributed by atoms with Crippen LogP contribution < -0.4 is 15.4 Å². The van der Waals surface area contributed by atoms with Gasteiger partial charge in [0.05, 0.1) is 23.1 Å². The molecule has 10 nitrogen and oxygen atoms in total. The third-order valence-corrected chi connectivity index (χ3v) is 5.55. The molecule has 2 heterocycles. The number of nitrogens with zero attached hydrogens (tertiary/aromatic N) is 4. The Morgan fingerprint density at radius 2 is 1.97 bits per heavy atom. The standard InChI is InChI=1S/C20H20BrN7O3S/c21-16-11-22-20(24-15-6-5-14-12-28(7-8-29)27-18(14)9-15)26-19(16)25-17-4-2-1-3-13(17)10-23-32(30)31/h1-6,9,11-12,29,32H,7-8,10H2,(H,23,30,31)(H2,22,24,25,26). The molecular formula is C20H20BrN7O3S. The molecule has 2 aromatic heterocycles. The van der Waals surface area contributed by atoms with E-state index in [2.05, 4.69) is 46.4 Å². The fraction of sp³-hybridized carbons (Fsp3) is 0.150. The van der Waals surface area contributed by atoms with Gasteiger partial charge in [-0.25, -0.2) is 18.1 Å². The summed E-state index contributed by atoms with van der Waals surface area (Å²) >= 11 is 3.45. The first kappa shape index (κ1) is 22.1. The van der Waals surface area contributed by atoms with E-state index in [1.165, 1.54) is 0 Å². The Kier molecular flexibility index (Phi) is 6.95. The van der Waals surface area contributed by atoms with Crippen molar-refractivity contribution in [1.82, 2.24) is 24.5 Å². The van der Waals surface area contributed by atoms with Gasteiger partial charge < -0.3 is 15.7 Å². The minimum absolute atomic E-state index is 0.0239. The van der Waals surface area contributed by atoms with Gasteiger partial charge in [-0.15, -0.1) is 0 Å². The van der Waals surface area contributed by atoms with E-state index in [0.29, 0.717) is 22.8 Å². The van der Waals surface area contributed by atoms with Crippen LogP contribution in [0.5, 0.6) is 0 Å². The summed E-state index contributed by atoms with van der Waals surface area (Å²) in [6, 6.07) is 13.1. The van der Waals surface area contributed by atoms with Crippen LogP contribution in [0.1, 0.15) is 5.56 Å². The predicted molar refractivity (Wildman–Crippen MR) is 127 cm³/mol. The molecule has 0 saturated carbocycles. The van der Waals surface area contributed by atoms with Gasteiger partial charge in [-0.3, -0.25) is 4.68 Å². The van der Waals surface area contributed by atoms with E-state index in [-0.39, 0.29) is 13.2 Å². The van der Waals surface area contributed by atoms with Crippen molar-refractivity contribution >= 4 is 60.9 Å². The number of halogens is 1. The maximum atomic E-state index is 10.9. The molecule has 0 bridgehead atoms. The topological polar surface area (TPSA) is 134 Å². The highest BCUT2D eigenvalue weighted by molar-refractivity contribution is 9.10. The molecule has 4 rings (SSSR count).